The van der Waals surface area contributed by atoms with Crippen LogP contribution >= 0.6 is 0 Å². The van der Waals surface area contributed by atoms with Gasteiger partial charge in [-0.1, -0.05) is 23.8 Å². The Morgan fingerprint density at radius 2 is 2.43 bits per heavy atom. The first-order chi connectivity index (χ1) is 6.69. The third-order valence-corrected chi connectivity index (χ3v) is 2.61. The molecule has 14 heavy (non-hydrogen) atoms. The van der Waals surface area contributed by atoms with Crippen molar-refractivity contribution in [2.24, 2.45) is 11.7 Å². The second-order valence-corrected chi connectivity index (χ2v) is 3.73. The zero-order valence-corrected chi connectivity index (χ0v) is 8.74. The van der Waals surface area contributed by atoms with Gasteiger partial charge in [-0.3, -0.25) is 0 Å². The highest BCUT2D eigenvalue weighted by Crippen LogP contribution is 2.22. The Balaban J connectivity index is 2.59. The minimum absolute atomic E-state index is 0.203. The van der Waals surface area contributed by atoms with E-state index in [9.17, 15) is 4.39 Å². The molecule has 1 aliphatic carbocycles. The molecule has 0 saturated carbocycles. The van der Waals surface area contributed by atoms with Gasteiger partial charge in [0.1, 0.15) is 6.67 Å². The molecule has 3 atom stereocenters. The summed E-state index contributed by atoms with van der Waals surface area (Å²) in [6.45, 7) is 1.51. The van der Waals surface area contributed by atoms with Crippen LogP contribution in [0.5, 0.6) is 0 Å². The van der Waals surface area contributed by atoms with Crippen molar-refractivity contribution >= 4 is 0 Å². The molecule has 2 N–H and O–H groups in total. The smallest absolute Gasteiger partial charge is 0.107 e. The molecule has 0 saturated heterocycles. The van der Waals surface area contributed by atoms with Gasteiger partial charge in [0.2, 0.25) is 0 Å². The van der Waals surface area contributed by atoms with E-state index in [1.165, 1.54) is 5.57 Å². The van der Waals surface area contributed by atoms with Crippen molar-refractivity contribution < 1.29 is 9.13 Å². The zero-order valence-electron chi connectivity index (χ0n) is 8.74. The Morgan fingerprint density at radius 3 is 2.86 bits per heavy atom. The molecule has 1 unspecified atom stereocenters. The van der Waals surface area contributed by atoms with Gasteiger partial charge in [0.25, 0.3) is 0 Å². The summed E-state index contributed by atoms with van der Waals surface area (Å²) in [6, 6.07) is -0.526. The Hall–Kier alpha value is -0.670. The summed E-state index contributed by atoms with van der Waals surface area (Å²) >= 11 is 0. The van der Waals surface area contributed by atoms with Crippen LogP contribution in [0.3, 0.4) is 0 Å². The average Bonchev–Trinajstić information content (AvgIpc) is 2.21. The number of methoxy groups -OCH3 is 1. The molecule has 3 heteroatoms. The molecular formula is C11H18FNO. The third-order valence-electron chi connectivity index (χ3n) is 2.61. The zero-order chi connectivity index (χ0) is 10.6. The van der Waals surface area contributed by atoms with Gasteiger partial charge in [0.15, 0.2) is 0 Å². The molecule has 2 nitrogen and oxygen atoms in total. The van der Waals surface area contributed by atoms with Gasteiger partial charge in [-0.2, -0.15) is 0 Å². The van der Waals surface area contributed by atoms with Crippen LogP contribution in [0.1, 0.15) is 13.3 Å². The molecule has 1 rings (SSSR count). The largest absolute Gasteiger partial charge is 0.379 e. The van der Waals surface area contributed by atoms with Gasteiger partial charge < -0.3 is 10.5 Å². The maximum atomic E-state index is 12.4. The molecule has 0 radical (unpaired) electrons. The summed E-state index contributed by atoms with van der Waals surface area (Å²) in [5, 5.41) is 0. The summed E-state index contributed by atoms with van der Waals surface area (Å²) in [7, 11) is 1.58. The number of hydrogen-bond donors (Lipinski definition) is 1. The Kier molecular flexibility index (Phi) is 4.29. The number of hydrogen-bond acceptors (Lipinski definition) is 2. The Bertz CT molecular complexity index is 237. The number of allylic oxidation sites excluding steroid dienone is 3. The fourth-order valence-corrected chi connectivity index (χ4v) is 1.74. The van der Waals surface area contributed by atoms with E-state index < -0.39 is 12.7 Å². The molecule has 0 aromatic carbocycles. The van der Waals surface area contributed by atoms with E-state index in [2.05, 4.69) is 12.2 Å². The van der Waals surface area contributed by atoms with Gasteiger partial charge in [-0.05, 0) is 13.3 Å². The highest BCUT2D eigenvalue weighted by molar-refractivity contribution is 5.22. The third kappa shape index (κ3) is 2.66. The maximum Gasteiger partial charge on any atom is 0.107 e. The molecule has 0 spiro atoms. The Labute approximate surface area is 84.6 Å². The molecule has 0 amide bonds. The lowest BCUT2D eigenvalue weighted by Crippen LogP contribution is -2.42. The molecule has 0 aromatic rings. The number of halogens is 1. The predicted octanol–water partition coefficient (Wildman–Crippen LogP) is 1.82. The van der Waals surface area contributed by atoms with E-state index in [0.717, 1.165) is 6.42 Å². The van der Waals surface area contributed by atoms with E-state index >= 15 is 0 Å². The van der Waals surface area contributed by atoms with Crippen LogP contribution in [-0.4, -0.2) is 25.9 Å². The van der Waals surface area contributed by atoms with Crippen molar-refractivity contribution in [1.29, 1.82) is 0 Å². The average molecular weight is 199 g/mol. The highest BCUT2D eigenvalue weighted by atomic mass is 19.1. The molecular weight excluding hydrogens is 181 g/mol. The van der Waals surface area contributed by atoms with Crippen molar-refractivity contribution in [2.75, 3.05) is 13.8 Å². The monoisotopic (exact) mass is 199 g/mol. The SMILES string of the molecule is CO[C@H](C1C=CC(C)=CC1)[C@H](N)CF. The minimum atomic E-state index is -0.536. The number of alkyl halides is 1. The number of nitrogens with two attached hydrogens (primary N) is 1. The summed E-state index contributed by atoms with van der Waals surface area (Å²) in [5.41, 5.74) is 6.88. The van der Waals surface area contributed by atoms with Crippen LogP contribution < -0.4 is 5.73 Å². The van der Waals surface area contributed by atoms with Crippen LogP contribution in [0.2, 0.25) is 0 Å². The summed E-state index contributed by atoms with van der Waals surface area (Å²) in [4.78, 5) is 0. The lowest BCUT2D eigenvalue weighted by Gasteiger charge is -2.28. The minimum Gasteiger partial charge on any atom is -0.379 e. The van der Waals surface area contributed by atoms with Crippen molar-refractivity contribution in [3.63, 3.8) is 0 Å². The summed E-state index contributed by atoms with van der Waals surface area (Å²) < 4.78 is 17.6. The van der Waals surface area contributed by atoms with Gasteiger partial charge in [0.05, 0.1) is 12.1 Å². The molecule has 0 aliphatic heterocycles. The van der Waals surface area contributed by atoms with E-state index in [1.807, 2.05) is 13.0 Å². The second kappa shape index (κ2) is 5.27. The van der Waals surface area contributed by atoms with E-state index in [0.29, 0.717) is 0 Å². The molecule has 0 aromatic heterocycles. The first-order valence-electron chi connectivity index (χ1n) is 4.88. The molecule has 0 bridgehead atoms. The first kappa shape index (κ1) is 11.4. The summed E-state index contributed by atoms with van der Waals surface area (Å²) in [5.74, 6) is 0.203. The van der Waals surface area contributed by atoms with E-state index in [1.54, 1.807) is 7.11 Å². The highest BCUT2D eigenvalue weighted by Gasteiger charge is 2.25. The fourth-order valence-electron chi connectivity index (χ4n) is 1.74. The second-order valence-electron chi connectivity index (χ2n) is 3.73. The lowest BCUT2D eigenvalue weighted by atomic mass is 9.89. The standard InChI is InChI=1S/C11H18FNO/c1-8-3-5-9(6-4-8)11(14-2)10(13)7-12/h3-5,9-11H,6-7,13H2,1-2H3/t9?,10-,11-/m1/s1. The number of rotatable bonds is 4. The van der Waals surface area contributed by atoms with Crippen LogP contribution in [0.25, 0.3) is 0 Å². The van der Waals surface area contributed by atoms with Gasteiger partial charge >= 0.3 is 0 Å². The van der Waals surface area contributed by atoms with Gasteiger partial charge in [-0.15, -0.1) is 0 Å². The molecule has 80 valence electrons. The molecule has 0 heterocycles. The molecule has 1 aliphatic rings. The van der Waals surface area contributed by atoms with Crippen LogP contribution in [-0.2, 0) is 4.74 Å². The maximum absolute atomic E-state index is 12.4. The Morgan fingerprint density at radius 1 is 1.71 bits per heavy atom. The predicted molar refractivity (Wildman–Crippen MR) is 55.8 cm³/mol. The van der Waals surface area contributed by atoms with Crippen molar-refractivity contribution in [3.05, 3.63) is 23.8 Å². The lowest BCUT2D eigenvalue weighted by molar-refractivity contribution is 0.0411. The van der Waals surface area contributed by atoms with Gasteiger partial charge in [0, 0.05) is 13.0 Å². The molecule has 0 fully saturated rings. The van der Waals surface area contributed by atoms with E-state index in [4.69, 9.17) is 10.5 Å². The van der Waals surface area contributed by atoms with Crippen molar-refractivity contribution in [3.8, 4) is 0 Å². The normalized spacial score (nSPS) is 25.7. The first-order valence-corrected chi connectivity index (χ1v) is 4.88. The fraction of sp³-hybridized carbons (Fsp3) is 0.636. The van der Waals surface area contributed by atoms with Crippen LogP contribution in [0.15, 0.2) is 23.8 Å². The van der Waals surface area contributed by atoms with Crippen molar-refractivity contribution in [2.45, 2.75) is 25.5 Å². The van der Waals surface area contributed by atoms with Crippen molar-refractivity contribution in [1.82, 2.24) is 0 Å². The van der Waals surface area contributed by atoms with E-state index in [-0.39, 0.29) is 12.0 Å². The van der Waals surface area contributed by atoms with Gasteiger partial charge in [-0.25, -0.2) is 4.39 Å². The van der Waals surface area contributed by atoms with Crippen LogP contribution in [0.4, 0.5) is 4.39 Å². The number of ether oxygens (including phenoxy) is 1. The topological polar surface area (TPSA) is 35.2 Å². The quantitative estimate of drug-likeness (QED) is 0.749. The summed E-state index contributed by atoms with van der Waals surface area (Å²) in [6.07, 6.45) is 6.88. The van der Waals surface area contributed by atoms with Crippen LogP contribution in [0, 0.1) is 5.92 Å².